The Kier molecular flexibility index (Phi) is 5.66. The third-order valence-electron chi connectivity index (χ3n) is 4.43. The van der Waals surface area contributed by atoms with Crippen molar-refractivity contribution in [2.24, 2.45) is 5.41 Å². The van der Waals surface area contributed by atoms with Gasteiger partial charge in [0.15, 0.2) is 0 Å². The second-order valence-corrected chi connectivity index (χ2v) is 6.44. The highest BCUT2D eigenvalue weighted by Crippen LogP contribution is 2.33. The molecule has 2 aliphatic rings. The summed E-state index contributed by atoms with van der Waals surface area (Å²) in [5.41, 5.74) is 0.365. The SMILES string of the molecule is CC(=O)N1CCCN(CC2(CBr)CCOCC2)CC1. The van der Waals surface area contributed by atoms with Gasteiger partial charge in [0, 0.05) is 51.6 Å². The molecule has 5 heteroatoms. The van der Waals surface area contributed by atoms with E-state index in [1.54, 1.807) is 6.92 Å². The van der Waals surface area contributed by atoms with Gasteiger partial charge < -0.3 is 14.5 Å². The highest BCUT2D eigenvalue weighted by atomic mass is 79.9. The van der Waals surface area contributed by atoms with Crippen molar-refractivity contribution in [2.45, 2.75) is 26.2 Å². The van der Waals surface area contributed by atoms with E-state index in [2.05, 4.69) is 20.8 Å². The van der Waals surface area contributed by atoms with Crippen LogP contribution in [0.4, 0.5) is 0 Å². The lowest BCUT2D eigenvalue weighted by atomic mass is 9.82. The van der Waals surface area contributed by atoms with Crippen LogP contribution in [0.5, 0.6) is 0 Å². The van der Waals surface area contributed by atoms with Crippen LogP contribution in [-0.4, -0.2) is 67.0 Å². The number of ether oxygens (including phenoxy) is 1. The summed E-state index contributed by atoms with van der Waals surface area (Å²) in [6.07, 6.45) is 3.38. The molecule has 0 aromatic rings. The van der Waals surface area contributed by atoms with Gasteiger partial charge in [-0.2, -0.15) is 0 Å². The largest absolute Gasteiger partial charge is 0.381 e. The van der Waals surface area contributed by atoms with E-state index < -0.39 is 0 Å². The third-order valence-corrected chi connectivity index (χ3v) is 5.62. The van der Waals surface area contributed by atoms with Crippen molar-refractivity contribution in [1.29, 1.82) is 0 Å². The molecule has 19 heavy (non-hydrogen) atoms. The van der Waals surface area contributed by atoms with Gasteiger partial charge in [-0.15, -0.1) is 0 Å². The number of hydrogen-bond donors (Lipinski definition) is 0. The Balaban J connectivity index is 1.89. The fourth-order valence-corrected chi connectivity index (χ4v) is 3.79. The summed E-state index contributed by atoms with van der Waals surface area (Å²) in [6, 6.07) is 0. The van der Waals surface area contributed by atoms with E-state index in [1.807, 2.05) is 4.90 Å². The van der Waals surface area contributed by atoms with Crippen molar-refractivity contribution in [2.75, 3.05) is 51.3 Å². The van der Waals surface area contributed by atoms with Crippen LogP contribution in [0, 0.1) is 5.41 Å². The Labute approximate surface area is 124 Å². The van der Waals surface area contributed by atoms with Crippen LogP contribution in [0.15, 0.2) is 0 Å². The fourth-order valence-electron chi connectivity index (χ4n) is 3.06. The van der Waals surface area contributed by atoms with E-state index in [0.717, 1.165) is 70.5 Å². The standard InChI is InChI=1S/C14H25BrN2O2/c1-13(18)17-6-2-5-16(7-8-17)12-14(11-15)3-9-19-10-4-14/h2-12H2,1H3. The minimum Gasteiger partial charge on any atom is -0.381 e. The summed E-state index contributed by atoms with van der Waals surface area (Å²) in [7, 11) is 0. The van der Waals surface area contributed by atoms with E-state index in [1.165, 1.54) is 0 Å². The van der Waals surface area contributed by atoms with Crippen molar-refractivity contribution in [1.82, 2.24) is 9.80 Å². The number of carbonyl (C=O) groups is 1. The maximum atomic E-state index is 11.5. The fraction of sp³-hybridized carbons (Fsp3) is 0.929. The molecule has 2 aliphatic heterocycles. The van der Waals surface area contributed by atoms with Crippen molar-refractivity contribution < 1.29 is 9.53 Å². The number of rotatable bonds is 3. The molecule has 0 radical (unpaired) electrons. The first-order valence-corrected chi connectivity index (χ1v) is 8.39. The molecular weight excluding hydrogens is 308 g/mol. The van der Waals surface area contributed by atoms with Crippen molar-refractivity contribution in [3.8, 4) is 0 Å². The summed E-state index contributed by atoms with van der Waals surface area (Å²) in [5.74, 6) is 0.211. The molecule has 0 atom stereocenters. The minimum absolute atomic E-state index is 0.211. The maximum Gasteiger partial charge on any atom is 0.219 e. The normalized spacial score (nSPS) is 25.1. The second kappa shape index (κ2) is 7.04. The molecule has 0 unspecified atom stereocenters. The Morgan fingerprint density at radius 2 is 1.95 bits per heavy atom. The van der Waals surface area contributed by atoms with Crippen LogP contribution in [0.3, 0.4) is 0 Å². The predicted octanol–water partition coefficient (Wildman–Crippen LogP) is 1.73. The van der Waals surface area contributed by atoms with Crippen LogP contribution in [0.1, 0.15) is 26.2 Å². The van der Waals surface area contributed by atoms with Gasteiger partial charge in [-0.1, -0.05) is 15.9 Å². The van der Waals surface area contributed by atoms with Gasteiger partial charge in [-0.05, 0) is 31.2 Å². The Morgan fingerprint density at radius 1 is 1.21 bits per heavy atom. The van der Waals surface area contributed by atoms with Crippen LogP contribution < -0.4 is 0 Å². The third kappa shape index (κ3) is 4.17. The van der Waals surface area contributed by atoms with Gasteiger partial charge in [-0.3, -0.25) is 4.79 Å². The van der Waals surface area contributed by atoms with Crippen LogP contribution in [-0.2, 0) is 9.53 Å². The average molecular weight is 333 g/mol. The smallest absolute Gasteiger partial charge is 0.219 e. The van der Waals surface area contributed by atoms with E-state index in [9.17, 15) is 4.79 Å². The summed E-state index contributed by atoms with van der Waals surface area (Å²) in [4.78, 5) is 16.0. The van der Waals surface area contributed by atoms with Crippen molar-refractivity contribution in [3.05, 3.63) is 0 Å². The number of amides is 1. The predicted molar refractivity (Wildman–Crippen MR) is 79.6 cm³/mol. The number of hydrogen-bond acceptors (Lipinski definition) is 3. The van der Waals surface area contributed by atoms with Gasteiger partial charge in [0.2, 0.25) is 5.91 Å². The number of carbonyl (C=O) groups excluding carboxylic acids is 1. The first-order chi connectivity index (χ1) is 9.15. The monoisotopic (exact) mass is 332 g/mol. The summed E-state index contributed by atoms with van der Waals surface area (Å²) < 4.78 is 5.50. The second-order valence-electron chi connectivity index (χ2n) is 5.88. The van der Waals surface area contributed by atoms with Crippen molar-refractivity contribution in [3.63, 3.8) is 0 Å². The van der Waals surface area contributed by atoms with Gasteiger partial charge in [0.1, 0.15) is 0 Å². The molecule has 2 rings (SSSR count). The molecule has 0 aromatic heterocycles. The molecule has 0 bridgehead atoms. The molecule has 2 fully saturated rings. The summed E-state index contributed by atoms with van der Waals surface area (Å²) in [5, 5.41) is 1.05. The Hall–Kier alpha value is -0.130. The molecule has 2 saturated heterocycles. The topological polar surface area (TPSA) is 32.8 Å². The van der Waals surface area contributed by atoms with E-state index >= 15 is 0 Å². The molecule has 2 heterocycles. The number of alkyl halides is 1. The van der Waals surface area contributed by atoms with E-state index in [4.69, 9.17) is 4.74 Å². The zero-order chi connectivity index (χ0) is 13.7. The molecule has 0 aromatic carbocycles. The molecule has 0 aliphatic carbocycles. The summed E-state index contributed by atoms with van der Waals surface area (Å²) >= 11 is 3.70. The number of nitrogens with zero attached hydrogens (tertiary/aromatic N) is 2. The highest BCUT2D eigenvalue weighted by molar-refractivity contribution is 9.09. The zero-order valence-corrected chi connectivity index (χ0v) is 13.5. The van der Waals surface area contributed by atoms with E-state index in [0.29, 0.717) is 5.41 Å². The molecule has 1 amide bonds. The molecule has 4 nitrogen and oxygen atoms in total. The molecule has 0 N–H and O–H groups in total. The maximum absolute atomic E-state index is 11.5. The Bertz CT molecular complexity index is 306. The number of halogens is 1. The zero-order valence-electron chi connectivity index (χ0n) is 11.9. The van der Waals surface area contributed by atoms with Gasteiger partial charge >= 0.3 is 0 Å². The van der Waals surface area contributed by atoms with Crippen LogP contribution in [0.25, 0.3) is 0 Å². The van der Waals surface area contributed by atoms with E-state index in [-0.39, 0.29) is 5.91 Å². The average Bonchev–Trinajstić information content (AvgIpc) is 2.65. The van der Waals surface area contributed by atoms with Gasteiger partial charge in [0.05, 0.1) is 0 Å². The first kappa shape index (κ1) is 15.3. The van der Waals surface area contributed by atoms with Gasteiger partial charge in [-0.25, -0.2) is 0 Å². The highest BCUT2D eigenvalue weighted by Gasteiger charge is 2.34. The lowest BCUT2D eigenvalue weighted by molar-refractivity contribution is -0.128. The lowest BCUT2D eigenvalue weighted by Gasteiger charge is -2.39. The first-order valence-electron chi connectivity index (χ1n) is 7.27. The molecular formula is C14H25BrN2O2. The quantitative estimate of drug-likeness (QED) is 0.738. The molecule has 0 saturated carbocycles. The summed E-state index contributed by atoms with van der Waals surface area (Å²) in [6.45, 7) is 8.49. The Morgan fingerprint density at radius 3 is 2.58 bits per heavy atom. The lowest BCUT2D eigenvalue weighted by Crippen LogP contribution is -2.44. The van der Waals surface area contributed by atoms with Gasteiger partial charge in [0.25, 0.3) is 0 Å². The van der Waals surface area contributed by atoms with Crippen LogP contribution >= 0.6 is 15.9 Å². The molecule has 110 valence electrons. The van der Waals surface area contributed by atoms with Crippen LogP contribution in [0.2, 0.25) is 0 Å². The van der Waals surface area contributed by atoms with Crippen molar-refractivity contribution >= 4 is 21.8 Å². The minimum atomic E-state index is 0.211. The molecule has 0 spiro atoms.